The molecule has 0 spiro atoms. The number of para-hydroxylation sites is 1. The van der Waals surface area contributed by atoms with Crippen molar-refractivity contribution in [2.75, 3.05) is 0 Å². The predicted octanol–water partition coefficient (Wildman–Crippen LogP) is 5.25. The lowest BCUT2D eigenvalue weighted by Gasteiger charge is -2.07. The normalized spacial score (nSPS) is 11.0. The largest absolute Gasteiger partial charge is 0.454 e. The molecule has 0 saturated heterocycles. The highest BCUT2D eigenvalue weighted by atomic mass is 32.1. The molecule has 0 amide bonds. The summed E-state index contributed by atoms with van der Waals surface area (Å²) in [5, 5.41) is 4.59. The van der Waals surface area contributed by atoms with Crippen molar-refractivity contribution in [1.82, 2.24) is 0 Å². The Kier molecular flexibility index (Phi) is 2.98. The smallest absolute Gasteiger partial charge is 0.202 e. The maximum Gasteiger partial charge on any atom is 0.202 e. The number of hydrogen-bond donors (Lipinski definition) is 0. The van der Waals surface area contributed by atoms with Crippen LogP contribution in [0.1, 0.15) is 0 Å². The van der Waals surface area contributed by atoms with E-state index in [1.807, 2.05) is 59.3 Å². The van der Waals surface area contributed by atoms with Gasteiger partial charge in [-0.2, -0.15) is 0 Å². The van der Waals surface area contributed by atoms with E-state index in [0.717, 1.165) is 9.75 Å². The minimum atomic E-state index is 0.0303. The van der Waals surface area contributed by atoms with Crippen LogP contribution in [0, 0.1) is 0 Å². The van der Waals surface area contributed by atoms with Gasteiger partial charge in [-0.25, -0.2) is 0 Å². The number of rotatable bonds is 2. The van der Waals surface area contributed by atoms with Gasteiger partial charge in [-0.15, -0.1) is 22.7 Å². The van der Waals surface area contributed by atoms with Gasteiger partial charge >= 0.3 is 0 Å². The average molecular weight is 310 g/mol. The molecule has 4 heteroatoms. The fourth-order valence-corrected chi connectivity index (χ4v) is 3.84. The molecule has 0 aliphatic rings. The van der Waals surface area contributed by atoms with Gasteiger partial charge in [0.2, 0.25) is 5.43 Å². The van der Waals surface area contributed by atoms with E-state index in [4.69, 9.17) is 4.42 Å². The molecule has 3 heterocycles. The first-order valence-electron chi connectivity index (χ1n) is 6.48. The minimum Gasteiger partial charge on any atom is -0.454 e. The lowest BCUT2D eigenvalue weighted by atomic mass is 10.1. The Bertz CT molecular complexity index is 948. The maximum absolute atomic E-state index is 12.9. The molecule has 0 fully saturated rings. The van der Waals surface area contributed by atoms with E-state index in [9.17, 15) is 4.79 Å². The van der Waals surface area contributed by atoms with Gasteiger partial charge in [-0.1, -0.05) is 24.3 Å². The Balaban J connectivity index is 2.16. The Morgan fingerprint density at radius 3 is 2.24 bits per heavy atom. The Hall–Kier alpha value is -2.17. The first-order chi connectivity index (χ1) is 10.3. The van der Waals surface area contributed by atoms with E-state index in [2.05, 4.69) is 0 Å². The van der Waals surface area contributed by atoms with Crippen molar-refractivity contribution < 1.29 is 4.42 Å². The molecule has 0 radical (unpaired) electrons. The first-order valence-corrected chi connectivity index (χ1v) is 8.24. The molecule has 21 heavy (non-hydrogen) atoms. The van der Waals surface area contributed by atoms with Crippen molar-refractivity contribution in [2.24, 2.45) is 0 Å². The summed E-state index contributed by atoms with van der Waals surface area (Å²) in [6, 6.07) is 15.3. The summed E-state index contributed by atoms with van der Waals surface area (Å²) in [5.74, 6) is 0.663. The van der Waals surface area contributed by atoms with Crippen molar-refractivity contribution in [3.8, 4) is 21.1 Å². The molecule has 4 aromatic rings. The summed E-state index contributed by atoms with van der Waals surface area (Å²) >= 11 is 3.13. The molecule has 102 valence electrons. The molecule has 0 aliphatic heterocycles. The van der Waals surface area contributed by atoms with Crippen molar-refractivity contribution in [1.29, 1.82) is 0 Å². The SMILES string of the molecule is O=c1c(-c2cccs2)c(-c2cccs2)oc2ccccc12. The zero-order valence-electron chi connectivity index (χ0n) is 10.9. The molecule has 0 atom stereocenters. The third kappa shape index (κ3) is 2.04. The van der Waals surface area contributed by atoms with Gasteiger partial charge in [0.25, 0.3) is 0 Å². The summed E-state index contributed by atoms with van der Waals surface area (Å²) in [5.41, 5.74) is 1.32. The highest BCUT2D eigenvalue weighted by Crippen LogP contribution is 2.36. The average Bonchev–Trinajstić information content (AvgIpc) is 3.20. The predicted molar refractivity (Wildman–Crippen MR) is 89.1 cm³/mol. The molecule has 2 nitrogen and oxygen atoms in total. The number of thiophene rings is 2. The monoisotopic (exact) mass is 310 g/mol. The molecule has 0 aliphatic carbocycles. The molecule has 4 rings (SSSR count). The second-order valence-corrected chi connectivity index (χ2v) is 6.48. The van der Waals surface area contributed by atoms with E-state index < -0.39 is 0 Å². The number of benzene rings is 1. The number of fused-ring (bicyclic) bond motifs is 1. The third-order valence-corrected chi connectivity index (χ3v) is 5.07. The minimum absolute atomic E-state index is 0.0303. The second-order valence-electron chi connectivity index (χ2n) is 4.59. The van der Waals surface area contributed by atoms with Crippen LogP contribution in [0.3, 0.4) is 0 Å². The highest BCUT2D eigenvalue weighted by molar-refractivity contribution is 7.14. The molecular formula is C17H10O2S2. The molecule has 1 aromatic carbocycles. The van der Waals surface area contributed by atoms with Gasteiger partial charge < -0.3 is 4.42 Å². The lowest BCUT2D eigenvalue weighted by Crippen LogP contribution is -2.06. The van der Waals surface area contributed by atoms with Gasteiger partial charge in [-0.3, -0.25) is 4.79 Å². The van der Waals surface area contributed by atoms with E-state index >= 15 is 0 Å². The van der Waals surface area contributed by atoms with Gasteiger partial charge in [0.05, 0.1) is 15.8 Å². The van der Waals surface area contributed by atoms with E-state index in [0.29, 0.717) is 22.3 Å². The van der Waals surface area contributed by atoms with Crippen LogP contribution in [0.2, 0.25) is 0 Å². The van der Waals surface area contributed by atoms with Gasteiger partial charge in [0.15, 0.2) is 5.76 Å². The van der Waals surface area contributed by atoms with E-state index in [1.165, 1.54) is 0 Å². The standard InChI is InChI=1S/C17H10O2S2/c18-16-11-5-1-2-6-12(11)19-17(14-8-4-10-21-14)15(16)13-7-3-9-20-13/h1-10H. The summed E-state index contributed by atoms with van der Waals surface area (Å²) in [4.78, 5) is 14.8. The lowest BCUT2D eigenvalue weighted by molar-refractivity contribution is 0.622. The van der Waals surface area contributed by atoms with Gasteiger partial charge in [0, 0.05) is 4.88 Å². The molecule has 0 bridgehead atoms. The Morgan fingerprint density at radius 1 is 0.810 bits per heavy atom. The van der Waals surface area contributed by atoms with Crippen LogP contribution < -0.4 is 5.43 Å². The third-order valence-electron chi connectivity index (χ3n) is 3.31. The maximum atomic E-state index is 12.9. The topological polar surface area (TPSA) is 30.2 Å². The second kappa shape index (κ2) is 4.98. The van der Waals surface area contributed by atoms with E-state index in [-0.39, 0.29) is 5.43 Å². The zero-order valence-corrected chi connectivity index (χ0v) is 12.5. The van der Waals surface area contributed by atoms with Crippen molar-refractivity contribution >= 4 is 33.6 Å². The van der Waals surface area contributed by atoms with Gasteiger partial charge in [-0.05, 0) is 35.0 Å². The van der Waals surface area contributed by atoms with Crippen LogP contribution in [-0.2, 0) is 0 Å². The summed E-state index contributed by atoms with van der Waals surface area (Å²) in [7, 11) is 0. The van der Waals surface area contributed by atoms with Gasteiger partial charge in [0.1, 0.15) is 5.58 Å². The Morgan fingerprint density at radius 2 is 1.52 bits per heavy atom. The zero-order chi connectivity index (χ0) is 14.2. The molecule has 0 N–H and O–H groups in total. The van der Waals surface area contributed by atoms with Crippen LogP contribution in [0.15, 0.2) is 68.5 Å². The van der Waals surface area contributed by atoms with Crippen LogP contribution in [0.25, 0.3) is 32.0 Å². The number of hydrogen-bond acceptors (Lipinski definition) is 4. The van der Waals surface area contributed by atoms with Crippen LogP contribution in [0.4, 0.5) is 0 Å². The van der Waals surface area contributed by atoms with Crippen molar-refractivity contribution in [3.05, 3.63) is 69.5 Å². The summed E-state index contributed by atoms with van der Waals surface area (Å²) < 4.78 is 6.06. The molecule has 0 unspecified atom stereocenters. The van der Waals surface area contributed by atoms with Crippen LogP contribution in [-0.4, -0.2) is 0 Å². The van der Waals surface area contributed by atoms with Crippen LogP contribution >= 0.6 is 22.7 Å². The summed E-state index contributed by atoms with van der Waals surface area (Å²) in [6.07, 6.45) is 0. The Labute approximate surface area is 128 Å². The highest BCUT2D eigenvalue weighted by Gasteiger charge is 2.18. The quantitative estimate of drug-likeness (QED) is 0.506. The summed E-state index contributed by atoms with van der Waals surface area (Å²) in [6.45, 7) is 0. The fourth-order valence-electron chi connectivity index (χ4n) is 2.37. The molecule has 3 aromatic heterocycles. The fraction of sp³-hybridized carbons (Fsp3) is 0. The van der Waals surface area contributed by atoms with E-state index in [1.54, 1.807) is 22.7 Å². The van der Waals surface area contributed by atoms with Crippen molar-refractivity contribution in [3.63, 3.8) is 0 Å². The van der Waals surface area contributed by atoms with Crippen LogP contribution in [0.5, 0.6) is 0 Å². The molecular weight excluding hydrogens is 300 g/mol. The first kappa shape index (κ1) is 12.6. The van der Waals surface area contributed by atoms with Crippen molar-refractivity contribution in [2.45, 2.75) is 0 Å². The molecule has 0 saturated carbocycles.